The Morgan fingerprint density at radius 3 is 3.36 bits per heavy atom. The minimum Gasteiger partial charge on any atom is -0.388 e. The van der Waals surface area contributed by atoms with Gasteiger partial charge in [-0.2, -0.15) is 0 Å². The molecule has 14 heavy (non-hydrogen) atoms. The van der Waals surface area contributed by atoms with Crippen molar-refractivity contribution in [2.45, 2.75) is 12.1 Å². The molecule has 0 aromatic heterocycles. The number of rotatable bonds is 0. The lowest BCUT2D eigenvalue weighted by atomic mass is 9.89. The fourth-order valence-corrected chi connectivity index (χ4v) is 2.38. The molecule has 72 valence electrons. The third kappa shape index (κ3) is 0.990. The highest BCUT2D eigenvalue weighted by Crippen LogP contribution is 2.34. The standard InChI is InChI=1S/C11H12N2O/c14-11-3-1-2-8-9(11)7-13-5-4-12-6-10(8)13/h1-6,9-11,14H,7H2. The minimum absolute atomic E-state index is 0.249. The van der Waals surface area contributed by atoms with Crippen molar-refractivity contribution in [2.24, 2.45) is 10.9 Å². The Balaban J connectivity index is 1.99. The lowest BCUT2D eigenvalue weighted by molar-refractivity contribution is 0.170. The molecule has 1 N–H and O–H groups in total. The second-order valence-electron chi connectivity index (χ2n) is 3.89. The molecule has 3 atom stereocenters. The van der Waals surface area contributed by atoms with Crippen molar-refractivity contribution in [3.63, 3.8) is 0 Å². The third-order valence-corrected chi connectivity index (χ3v) is 3.12. The fraction of sp³-hybridized carbons (Fsp3) is 0.364. The summed E-state index contributed by atoms with van der Waals surface area (Å²) in [6.07, 6.45) is 11.3. The van der Waals surface area contributed by atoms with Gasteiger partial charge in [0.15, 0.2) is 0 Å². The number of fused-ring (bicyclic) bond motifs is 3. The normalized spacial score (nSPS) is 38.2. The summed E-state index contributed by atoms with van der Waals surface area (Å²) < 4.78 is 0. The zero-order valence-electron chi connectivity index (χ0n) is 7.74. The van der Waals surface area contributed by atoms with E-state index in [-0.39, 0.29) is 18.1 Å². The van der Waals surface area contributed by atoms with Crippen molar-refractivity contribution in [2.75, 3.05) is 6.54 Å². The Bertz CT molecular complexity index is 367. The van der Waals surface area contributed by atoms with E-state index in [9.17, 15) is 5.11 Å². The quantitative estimate of drug-likeness (QED) is 0.607. The predicted octanol–water partition coefficient (Wildman–Crippen LogP) is 0.700. The van der Waals surface area contributed by atoms with Gasteiger partial charge in [0.05, 0.1) is 12.1 Å². The van der Waals surface area contributed by atoms with Crippen LogP contribution >= 0.6 is 0 Å². The Hall–Kier alpha value is -1.35. The molecule has 1 fully saturated rings. The predicted molar refractivity (Wildman–Crippen MR) is 54.8 cm³/mol. The first-order valence-electron chi connectivity index (χ1n) is 4.88. The monoisotopic (exact) mass is 188 g/mol. The first kappa shape index (κ1) is 8.00. The Morgan fingerprint density at radius 2 is 2.43 bits per heavy atom. The number of aliphatic hydroxyl groups excluding tert-OH is 1. The Labute approximate surface area is 82.8 Å². The summed E-state index contributed by atoms with van der Waals surface area (Å²) in [5, 5.41) is 9.80. The highest BCUT2D eigenvalue weighted by Gasteiger charge is 2.38. The maximum atomic E-state index is 9.80. The van der Waals surface area contributed by atoms with E-state index in [0.29, 0.717) is 0 Å². The molecule has 3 unspecified atom stereocenters. The van der Waals surface area contributed by atoms with Gasteiger partial charge >= 0.3 is 0 Å². The van der Waals surface area contributed by atoms with Crippen molar-refractivity contribution in [1.82, 2.24) is 4.90 Å². The second kappa shape index (κ2) is 2.82. The molecule has 1 aliphatic carbocycles. The molecule has 3 nitrogen and oxygen atoms in total. The van der Waals surface area contributed by atoms with Crippen molar-refractivity contribution in [1.29, 1.82) is 0 Å². The zero-order chi connectivity index (χ0) is 9.54. The molecule has 0 amide bonds. The fourth-order valence-electron chi connectivity index (χ4n) is 2.38. The molecule has 0 radical (unpaired) electrons. The number of hydrogen-bond acceptors (Lipinski definition) is 3. The molecule has 3 aliphatic rings. The number of aliphatic hydroxyl groups is 1. The minimum atomic E-state index is -0.331. The summed E-state index contributed by atoms with van der Waals surface area (Å²) >= 11 is 0. The van der Waals surface area contributed by atoms with Crippen LogP contribution in [-0.2, 0) is 0 Å². The first-order chi connectivity index (χ1) is 6.86. The van der Waals surface area contributed by atoms with Gasteiger partial charge in [-0.1, -0.05) is 18.2 Å². The highest BCUT2D eigenvalue weighted by molar-refractivity contribution is 5.73. The van der Waals surface area contributed by atoms with Crippen LogP contribution in [0, 0.1) is 5.92 Å². The molecular formula is C11H12N2O. The van der Waals surface area contributed by atoms with E-state index in [0.717, 1.165) is 6.54 Å². The maximum Gasteiger partial charge on any atom is 0.0860 e. The van der Waals surface area contributed by atoms with Crippen LogP contribution in [0.3, 0.4) is 0 Å². The van der Waals surface area contributed by atoms with Crippen LogP contribution in [0.5, 0.6) is 0 Å². The molecular weight excluding hydrogens is 176 g/mol. The topological polar surface area (TPSA) is 35.8 Å². The van der Waals surface area contributed by atoms with Gasteiger partial charge in [0.1, 0.15) is 0 Å². The van der Waals surface area contributed by atoms with E-state index in [1.807, 2.05) is 24.6 Å². The molecule has 0 bridgehead atoms. The van der Waals surface area contributed by atoms with E-state index >= 15 is 0 Å². The largest absolute Gasteiger partial charge is 0.388 e. The van der Waals surface area contributed by atoms with E-state index in [4.69, 9.17) is 0 Å². The van der Waals surface area contributed by atoms with Crippen molar-refractivity contribution in [3.8, 4) is 0 Å². The van der Waals surface area contributed by atoms with Gasteiger partial charge in [0.25, 0.3) is 0 Å². The molecule has 0 saturated carbocycles. The van der Waals surface area contributed by atoms with Crippen LogP contribution in [0.2, 0.25) is 0 Å². The molecule has 2 heterocycles. The lowest BCUT2D eigenvalue weighted by Crippen LogP contribution is -2.27. The smallest absolute Gasteiger partial charge is 0.0860 e. The molecule has 3 rings (SSSR count). The summed E-state index contributed by atoms with van der Waals surface area (Å²) in [6, 6.07) is 0.268. The number of allylic oxidation sites excluding steroid dienone is 2. The number of aliphatic imine (C=N–C) groups is 1. The van der Waals surface area contributed by atoms with Crippen molar-refractivity contribution >= 4 is 6.21 Å². The SMILES string of the molecule is OC1C=CC=C2C1CN1C=CN=CC21. The van der Waals surface area contributed by atoms with Gasteiger partial charge in [0, 0.05) is 31.1 Å². The van der Waals surface area contributed by atoms with Crippen molar-refractivity contribution < 1.29 is 5.11 Å². The van der Waals surface area contributed by atoms with Crippen LogP contribution in [0.1, 0.15) is 0 Å². The third-order valence-electron chi connectivity index (χ3n) is 3.12. The van der Waals surface area contributed by atoms with Crippen LogP contribution in [0.15, 0.2) is 41.2 Å². The average Bonchev–Trinajstić information content (AvgIpc) is 2.59. The Morgan fingerprint density at radius 1 is 1.50 bits per heavy atom. The summed E-state index contributed by atoms with van der Waals surface area (Å²) in [6.45, 7) is 0.893. The second-order valence-corrected chi connectivity index (χ2v) is 3.89. The van der Waals surface area contributed by atoms with E-state index in [2.05, 4.69) is 16.0 Å². The van der Waals surface area contributed by atoms with E-state index < -0.39 is 0 Å². The number of hydrogen-bond donors (Lipinski definition) is 1. The molecule has 3 heteroatoms. The number of nitrogens with zero attached hydrogens (tertiary/aromatic N) is 2. The molecule has 0 aromatic carbocycles. The van der Waals surface area contributed by atoms with Gasteiger partial charge in [0.2, 0.25) is 0 Å². The summed E-state index contributed by atoms with van der Waals surface area (Å²) in [5.41, 5.74) is 1.29. The van der Waals surface area contributed by atoms with Gasteiger partial charge in [-0.05, 0) is 5.57 Å². The molecule has 1 saturated heterocycles. The molecule has 2 aliphatic heterocycles. The van der Waals surface area contributed by atoms with Gasteiger partial charge < -0.3 is 10.0 Å². The van der Waals surface area contributed by atoms with E-state index in [1.165, 1.54) is 5.57 Å². The maximum absolute atomic E-state index is 9.80. The first-order valence-corrected chi connectivity index (χ1v) is 4.88. The Kier molecular flexibility index (Phi) is 1.61. The summed E-state index contributed by atoms with van der Waals surface area (Å²) in [7, 11) is 0. The van der Waals surface area contributed by atoms with Gasteiger partial charge in [-0.15, -0.1) is 0 Å². The lowest BCUT2D eigenvalue weighted by Gasteiger charge is -2.21. The molecule has 0 spiro atoms. The van der Waals surface area contributed by atoms with E-state index in [1.54, 1.807) is 6.20 Å². The van der Waals surface area contributed by atoms with Gasteiger partial charge in [-0.3, -0.25) is 4.99 Å². The summed E-state index contributed by atoms with van der Waals surface area (Å²) in [4.78, 5) is 6.36. The van der Waals surface area contributed by atoms with Crippen molar-refractivity contribution in [3.05, 3.63) is 36.2 Å². The highest BCUT2D eigenvalue weighted by atomic mass is 16.3. The van der Waals surface area contributed by atoms with Crippen LogP contribution < -0.4 is 0 Å². The van der Waals surface area contributed by atoms with Crippen LogP contribution in [0.4, 0.5) is 0 Å². The van der Waals surface area contributed by atoms with Crippen LogP contribution in [0.25, 0.3) is 0 Å². The zero-order valence-corrected chi connectivity index (χ0v) is 7.74. The van der Waals surface area contributed by atoms with Gasteiger partial charge in [-0.25, -0.2) is 0 Å². The summed E-state index contributed by atoms with van der Waals surface area (Å²) in [5.74, 6) is 0.249. The molecule has 0 aromatic rings. The average molecular weight is 188 g/mol. The van der Waals surface area contributed by atoms with Crippen LogP contribution in [-0.4, -0.2) is 34.9 Å².